The summed E-state index contributed by atoms with van der Waals surface area (Å²) < 4.78 is 57.3. The van der Waals surface area contributed by atoms with Crippen LogP contribution in [0.25, 0.3) is 0 Å². The van der Waals surface area contributed by atoms with Crippen LogP contribution in [-0.2, 0) is 4.74 Å². The quantitative estimate of drug-likeness (QED) is 0.507. The number of aliphatic hydroxyl groups excluding tert-OH is 1. The highest BCUT2D eigenvalue weighted by atomic mass is 19.4. The minimum Gasteiger partial charge on any atom is -0.467 e. The molecule has 0 heterocycles. The molecule has 0 amide bonds. The van der Waals surface area contributed by atoms with Gasteiger partial charge in [0.15, 0.2) is 6.79 Å². The van der Waals surface area contributed by atoms with Crippen LogP contribution in [0.1, 0.15) is 18.6 Å². The van der Waals surface area contributed by atoms with E-state index in [1.54, 1.807) is 0 Å². The molecule has 0 aliphatic heterocycles. The number of halogens is 4. The van der Waals surface area contributed by atoms with Gasteiger partial charge in [-0.05, 0) is 19.1 Å². The average Bonchev–Trinajstić information content (AvgIpc) is 2.22. The van der Waals surface area contributed by atoms with Crippen LogP contribution in [0.2, 0.25) is 0 Å². The molecule has 1 aromatic rings. The van der Waals surface area contributed by atoms with Gasteiger partial charge in [-0.1, -0.05) is 0 Å². The summed E-state index contributed by atoms with van der Waals surface area (Å²) >= 11 is 0. The lowest BCUT2D eigenvalue weighted by Crippen LogP contribution is -2.19. The van der Waals surface area contributed by atoms with Crippen LogP contribution in [0.3, 0.4) is 0 Å². The molecule has 18 heavy (non-hydrogen) atoms. The Bertz CT molecular complexity index is 390. The van der Waals surface area contributed by atoms with E-state index in [4.69, 9.17) is 4.74 Å². The Labute approximate surface area is 101 Å². The molecule has 1 aromatic carbocycles. The molecule has 0 saturated carbocycles. The van der Waals surface area contributed by atoms with Crippen molar-refractivity contribution in [3.63, 3.8) is 0 Å². The van der Waals surface area contributed by atoms with Gasteiger partial charge in [-0.3, -0.25) is 0 Å². The number of benzene rings is 1. The zero-order valence-corrected chi connectivity index (χ0v) is 9.50. The zero-order valence-electron chi connectivity index (χ0n) is 9.50. The predicted molar refractivity (Wildman–Crippen MR) is 54.5 cm³/mol. The lowest BCUT2D eigenvalue weighted by atomic mass is 10.1. The van der Waals surface area contributed by atoms with Crippen LogP contribution in [0, 0.1) is 5.82 Å². The van der Waals surface area contributed by atoms with E-state index >= 15 is 0 Å². The molecule has 0 unspecified atom stereocenters. The monoisotopic (exact) mass is 268 g/mol. The molecule has 0 aliphatic rings. The average molecular weight is 268 g/mol. The molecular formula is C11H12F4O3. The van der Waals surface area contributed by atoms with Crippen LogP contribution < -0.4 is 4.74 Å². The smallest absolute Gasteiger partial charge is 0.411 e. The van der Waals surface area contributed by atoms with Gasteiger partial charge in [0.25, 0.3) is 0 Å². The maximum atomic E-state index is 12.9. The molecule has 3 nitrogen and oxygen atoms in total. The van der Waals surface area contributed by atoms with Crippen molar-refractivity contribution in [1.29, 1.82) is 0 Å². The Morgan fingerprint density at radius 3 is 2.56 bits per heavy atom. The number of aliphatic hydroxyl groups is 1. The largest absolute Gasteiger partial charge is 0.467 e. The van der Waals surface area contributed by atoms with Gasteiger partial charge >= 0.3 is 6.18 Å². The maximum Gasteiger partial charge on any atom is 0.411 e. The van der Waals surface area contributed by atoms with Crippen molar-refractivity contribution < 1.29 is 32.1 Å². The van der Waals surface area contributed by atoms with Gasteiger partial charge < -0.3 is 14.6 Å². The lowest BCUT2D eigenvalue weighted by Gasteiger charge is -2.14. The fourth-order valence-electron chi connectivity index (χ4n) is 1.24. The van der Waals surface area contributed by atoms with E-state index in [2.05, 4.69) is 4.74 Å². The molecular weight excluding hydrogens is 256 g/mol. The first-order valence-electron chi connectivity index (χ1n) is 5.04. The number of alkyl halides is 3. The molecule has 0 aliphatic carbocycles. The van der Waals surface area contributed by atoms with Gasteiger partial charge in [-0.15, -0.1) is 0 Å². The van der Waals surface area contributed by atoms with Crippen LogP contribution in [0.5, 0.6) is 5.75 Å². The van der Waals surface area contributed by atoms with E-state index in [-0.39, 0.29) is 11.3 Å². The van der Waals surface area contributed by atoms with Crippen molar-refractivity contribution in [2.75, 3.05) is 13.4 Å². The summed E-state index contributed by atoms with van der Waals surface area (Å²) in [5.74, 6) is -0.669. The van der Waals surface area contributed by atoms with Crippen LogP contribution in [0.4, 0.5) is 17.6 Å². The van der Waals surface area contributed by atoms with Crippen molar-refractivity contribution >= 4 is 0 Å². The first kappa shape index (κ1) is 14.7. The van der Waals surface area contributed by atoms with Crippen molar-refractivity contribution in [3.05, 3.63) is 29.6 Å². The molecule has 1 atom stereocenters. The lowest BCUT2D eigenvalue weighted by molar-refractivity contribution is -0.186. The summed E-state index contributed by atoms with van der Waals surface area (Å²) in [4.78, 5) is 0. The van der Waals surface area contributed by atoms with Crippen molar-refractivity contribution in [1.82, 2.24) is 0 Å². The highest BCUT2D eigenvalue weighted by Gasteiger charge is 2.27. The summed E-state index contributed by atoms with van der Waals surface area (Å²) in [5, 5.41) is 9.36. The second-order valence-electron chi connectivity index (χ2n) is 3.58. The topological polar surface area (TPSA) is 38.7 Å². The standard InChI is InChI=1S/C11H12F4O3/c1-7(16)9-3-2-8(12)4-10(9)18-6-17-5-11(13,14)15/h2-4,7,16H,5-6H2,1H3/t7-/m0/s1. The SMILES string of the molecule is C[C@H](O)c1ccc(F)cc1OCOCC(F)(F)F. The third kappa shape index (κ3) is 4.89. The van der Waals surface area contributed by atoms with Gasteiger partial charge in [-0.25, -0.2) is 4.39 Å². The van der Waals surface area contributed by atoms with E-state index in [0.717, 1.165) is 12.1 Å². The van der Waals surface area contributed by atoms with E-state index in [0.29, 0.717) is 0 Å². The zero-order chi connectivity index (χ0) is 13.8. The second-order valence-corrected chi connectivity index (χ2v) is 3.58. The summed E-state index contributed by atoms with van der Waals surface area (Å²) in [7, 11) is 0. The van der Waals surface area contributed by atoms with Gasteiger partial charge in [0.05, 0.1) is 6.10 Å². The Morgan fingerprint density at radius 2 is 2.00 bits per heavy atom. The molecule has 7 heteroatoms. The number of ether oxygens (including phenoxy) is 2. The predicted octanol–water partition coefficient (Wildman–Crippen LogP) is 2.79. The third-order valence-electron chi connectivity index (χ3n) is 1.99. The van der Waals surface area contributed by atoms with Gasteiger partial charge in [0, 0.05) is 11.6 Å². The summed E-state index contributed by atoms with van der Waals surface area (Å²) in [6.45, 7) is -0.703. The Morgan fingerprint density at radius 1 is 1.33 bits per heavy atom. The summed E-state index contributed by atoms with van der Waals surface area (Å²) in [6.07, 6.45) is -5.37. The highest BCUT2D eigenvalue weighted by molar-refractivity contribution is 5.35. The fourth-order valence-corrected chi connectivity index (χ4v) is 1.24. The minimum atomic E-state index is -4.45. The third-order valence-corrected chi connectivity index (χ3v) is 1.99. The van der Waals surface area contributed by atoms with E-state index < -0.39 is 31.5 Å². The van der Waals surface area contributed by atoms with Gasteiger partial charge in [0.1, 0.15) is 18.2 Å². The van der Waals surface area contributed by atoms with Crippen LogP contribution in [0.15, 0.2) is 18.2 Å². The maximum absolute atomic E-state index is 12.9. The van der Waals surface area contributed by atoms with Crippen molar-refractivity contribution in [2.45, 2.75) is 19.2 Å². The molecule has 0 aromatic heterocycles. The van der Waals surface area contributed by atoms with E-state index in [9.17, 15) is 22.7 Å². The first-order valence-corrected chi connectivity index (χ1v) is 5.04. The normalized spacial score (nSPS) is 13.4. The van der Waals surface area contributed by atoms with Crippen LogP contribution >= 0.6 is 0 Å². The number of rotatable bonds is 5. The molecule has 0 radical (unpaired) electrons. The molecule has 0 fully saturated rings. The molecule has 0 bridgehead atoms. The molecule has 1 N–H and O–H groups in total. The molecule has 0 saturated heterocycles. The Kier molecular flexibility index (Phi) is 4.92. The van der Waals surface area contributed by atoms with Gasteiger partial charge in [-0.2, -0.15) is 13.2 Å². The summed E-state index contributed by atoms with van der Waals surface area (Å²) in [6, 6.07) is 3.38. The molecule has 1 rings (SSSR count). The first-order chi connectivity index (χ1) is 8.29. The second kappa shape index (κ2) is 6.01. The highest BCUT2D eigenvalue weighted by Crippen LogP contribution is 2.26. The number of hydrogen-bond acceptors (Lipinski definition) is 3. The minimum absolute atomic E-state index is 0.0489. The Hall–Kier alpha value is -1.34. The Balaban J connectivity index is 2.58. The summed E-state index contributed by atoms with van der Waals surface area (Å²) in [5.41, 5.74) is 0.270. The molecule has 102 valence electrons. The van der Waals surface area contributed by atoms with Crippen LogP contribution in [-0.4, -0.2) is 24.7 Å². The van der Waals surface area contributed by atoms with Crippen molar-refractivity contribution in [3.8, 4) is 5.75 Å². The fraction of sp³-hybridized carbons (Fsp3) is 0.455. The van der Waals surface area contributed by atoms with Gasteiger partial charge in [0.2, 0.25) is 0 Å². The molecule has 0 spiro atoms. The van der Waals surface area contributed by atoms with E-state index in [1.807, 2.05) is 0 Å². The van der Waals surface area contributed by atoms with E-state index in [1.165, 1.54) is 13.0 Å². The number of hydrogen-bond donors (Lipinski definition) is 1. The van der Waals surface area contributed by atoms with Crippen molar-refractivity contribution in [2.24, 2.45) is 0 Å².